The van der Waals surface area contributed by atoms with Crippen LogP contribution in [0.3, 0.4) is 0 Å². The van der Waals surface area contributed by atoms with Crippen LogP contribution in [0.2, 0.25) is 0 Å². The van der Waals surface area contributed by atoms with Gasteiger partial charge in [-0.25, -0.2) is 0 Å². The van der Waals surface area contributed by atoms with Crippen molar-refractivity contribution in [2.24, 2.45) is 5.41 Å². The molecule has 0 saturated heterocycles. The molecule has 1 aromatic heterocycles. The number of anilines is 5. The average Bonchev–Trinajstić information content (AvgIpc) is 3.89. The molecule has 0 fully saturated rings. The summed E-state index contributed by atoms with van der Waals surface area (Å²) in [6.07, 6.45) is 35.9. The van der Waals surface area contributed by atoms with Crippen LogP contribution in [0.25, 0.3) is 27.4 Å². The Bertz CT molecular complexity index is 3730. The molecule has 8 aromatic rings. The monoisotopic (exact) mass is 1090 g/mol. The van der Waals surface area contributed by atoms with Gasteiger partial charge in [-0.05, 0) is 176 Å². The number of hydrogen-bond acceptors (Lipinski definition) is 3. The third-order valence-corrected chi connectivity index (χ3v) is 14.8. The van der Waals surface area contributed by atoms with E-state index in [1.807, 2.05) is 26.0 Å². The van der Waals surface area contributed by atoms with Gasteiger partial charge in [-0.15, -0.1) is 13.2 Å². The van der Waals surface area contributed by atoms with Crippen molar-refractivity contribution in [2.75, 3.05) is 14.7 Å². The van der Waals surface area contributed by atoms with Crippen molar-refractivity contribution in [3.63, 3.8) is 0 Å². The maximum atomic E-state index is 4.79. The van der Waals surface area contributed by atoms with E-state index in [2.05, 4.69) is 326 Å². The molecule has 7 aromatic carbocycles. The van der Waals surface area contributed by atoms with Gasteiger partial charge in [0.1, 0.15) is 0 Å². The van der Waals surface area contributed by atoms with Gasteiger partial charge in [0.15, 0.2) is 0 Å². The van der Waals surface area contributed by atoms with E-state index in [9.17, 15) is 0 Å². The third-order valence-electron chi connectivity index (χ3n) is 14.8. The van der Waals surface area contributed by atoms with Gasteiger partial charge in [-0.3, -0.25) is 0 Å². The molecule has 1 aliphatic carbocycles. The first-order valence-electron chi connectivity index (χ1n) is 28.8. The van der Waals surface area contributed by atoms with Gasteiger partial charge in [-0.2, -0.15) is 0 Å². The smallest absolute Gasteiger partial charge is 0.0723 e. The number of benzene rings is 7. The standard InChI is InChI=1S/C67H66N4.C5H8.C4H6.C3H6/c1-10-28-60(52(8)70(53-31-16-13-14-17-32-53)65-44-43-64(58-37-23-24-38-59(58)65)69-47-51(7)56-35-25-27-40-63(56)69)67(9,12-3)66(57-36-22-20-29-48(57)4)71(54-33-18-15-19-34-54)55-41-42-62(50(6)46-55)68(45-11-2)61-39-26-21-30-49(61)5;1-3-5-4-2;1-3-4-2;1-3-2/h10-13,15-47,66H,3,14H2,1-2,4-9H3;3-5H,1H2,2H3;3-4H,1-2H2;3H,1H2,2H3/b28-10-,45-11+,60-52+;5-4-;;. The highest BCUT2D eigenvalue weighted by Gasteiger charge is 2.43. The molecule has 4 heteroatoms. The Labute approximate surface area is 498 Å². The van der Waals surface area contributed by atoms with Gasteiger partial charge in [0.2, 0.25) is 0 Å². The first-order chi connectivity index (χ1) is 40.3. The number of nitrogens with zero attached hydrogens (tertiary/aromatic N) is 4. The lowest BCUT2D eigenvalue weighted by Gasteiger charge is -2.47. The summed E-state index contributed by atoms with van der Waals surface area (Å²) in [6.45, 7) is 39.9. The molecule has 0 N–H and O–H groups in total. The first-order valence-corrected chi connectivity index (χ1v) is 28.8. The molecule has 1 heterocycles. The van der Waals surface area contributed by atoms with Crippen LogP contribution in [0, 0.1) is 33.1 Å². The minimum Gasteiger partial charge on any atom is -0.333 e. The van der Waals surface area contributed by atoms with Crippen molar-refractivity contribution in [3.05, 3.63) is 339 Å². The van der Waals surface area contributed by atoms with E-state index in [1.165, 1.54) is 44.1 Å². The fourth-order valence-electron chi connectivity index (χ4n) is 10.9. The summed E-state index contributed by atoms with van der Waals surface area (Å²) in [5, 5.41) is 3.61. The molecule has 0 spiro atoms. The molecule has 2 atom stereocenters. The normalized spacial score (nSPS) is 13.2. The maximum absolute atomic E-state index is 4.79. The summed E-state index contributed by atoms with van der Waals surface area (Å²) < 4.78 is 2.36. The second kappa shape index (κ2) is 31.0. The van der Waals surface area contributed by atoms with E-state index in [-0.39, 0.29) is 6.04 Å². The van der Waals surface area contributed by atoms with Crippen molar-refractivity contribution in [1.29, 1.82) is 0 Å². The number of para-hydroxylation sites is 3. The molecule has 422 valence electrons. The van der Waals surface area contributed by atoms with Crippen molar-refractivity contribution in [2.45, 2.75) is 81.7 Å². The number of hydrogen-bond donors (Lipinski definition) is 0. The van der Waals surface area contributed by atoms with E-state index < -0.39 is 5.41 Å². The minimum absolute atomic E-state index is 0.261. The Morgan fingerprint density at radius 3 is 1.81 bits per heavy atom. The van der Waals surface area contributed by atoms with Gasteiger partial charge < -0.3 is 19.3 Å². The molecule has 0 aliphatic heterocycles. The summed E-state index contributed by atoms with van der Waals surface area (Å²) in [7, 11) is 0. The Kier molecular flexibility index (Phi) is 23.5. The summed E-state index contributed by atoms with van der Waals surface area (Å²) in [4.78, 5) is 7.34. The van der Waals surface area contributed by atoms with Crippen LogP contribution in [0.15, 0.2) is 311 Å². The molecule has 83 heavy (non-hydrogen) atoms. The fraction of sp³-hybridized carbons (Fsp3) is 0.165. The highest BCUT2D eigenvalue weighted by Crippen LogP contribution is 2.53. The Balaban J connectivity index is 0.000000842. The van der Waals surface area contributed by atoms with E-state index in [4.69, 9.17) is 6.58 Å². The molecular formula is C79H86N4. The molecule has 2 unspecified atom stereocenters. The van der Waals surface area contributed by atoms with Crippen molar-refractivity contribution in [1.82, 2.24) is 4.57 Å². The predicted molar refractivity (Wildman–Crippen MR) is 368 cm³/mol. The van der Waals surface area contributed by atoms with Crippen molar-refractivity contribution >= 4 is 50.1 Å². The molecule has 1 aliphatic rings. The summed E-state index contributed by atoms with van der Waals surface area (Å²) >= 11 is 0. The Hall–Kier alpha value is -9.38. The van der Waals surface area contributed by atoms with Crippen LogP contribution in [0.5, 0.6) is 0 Å². The second-order valence-corrected chi connectivity index (χ2v) is 20.5. The molecule has 4 nitrogen and oxygen atoms in total. The zero-order chi connectivity index (χ0) is 59.9. The quantitative estimate of drug-likeness (QED) is 0.0667. The number of aryl methyl sites for hydroxylation is 4. The molecular weight excluding hydrogens is 1000 g/mol. The molecule has 0 radical (unpaired) electrons. The third kappa shape index (κ3) is 14.6. The predicted octanol–water partition coefficient (Wildman–Crippen LogP) is 22.8. The van der Waals surface area contributed by atoms with Crippen LogP contribution < -0.4 is 14.7 Å². The van der Waals surface area contributed by atoms with Gasteiger partial charge in [0.05, 0.1) is 22.9 Å². The summed E-state index contributed by atoms with van der Waals surface area (Å²) in [5.41, 5.74) is 16.6. The highest BCUT2D eigenvalue weighted by atomic mass is 15.2. The lowest BCUT2D eigenvalue weighted by atomic mass is 9.70. The summed E-state index contributed by atoms with van der Waals surface area (Å²) in [6, 6.07) is 57.3. The van der Waals surface area contributed by atoms with E-state index in [1.54, 1.807) is 24.3 Å². The average molecular weight is 1090 g/mol. The number of aromatic nitrogens is 1. The zero-order valence-electron chi connectivity index (χ0n) is 50.9. The van der Waals surface area contributed by atoms with E-state index in [0.29, 0.717) is 0 Å². The van der Waals surface area contributed by atoms with Crippen LogP contribution >= 0.6 is 0 Å². The largest absolute Gasteiger partial charge is 0.333 e. The first kappa shape index (κ1) is 62.8. The van der Waals surface area contributed by atoms with E-state index >= 15 is 0 Å². The van der Waals surface area contributed by atoms with Crippen molar-refractivity contribution in [3.8, 4) is 5.69 Å². The number of rotatable bonds is 17. The van der Waals surface area contributed by atoms with Gasteiger partial charge in [-0.1, -0.05) is 202 Å². The fourth-order valence-corrected chi connectivity index (χ4v) is 10.9. The number of fused-ring (bicyclic) bond motifs is 2. The van der Waals surface area contributed by atoms with E-state index in [0.717, 1.165) is 62.9 Å². The zero-order valence-corrected chi connectivity index (χ0v) is 50.9. The Morgan fingerprint density at radius 1 is 0.578 bits per heavy atom. The van der Waals surface area contributed by atoms with Crippen LogP contribution in [-0.2, 0) is 0 Å². The van der Waals surface area contributed by atoms with Crippen LogP contribution in [-0.4, -0.2) is 4.57 Å². The SMILES string of the molecule is C=C/C=C\C.C=CC.C=CC(C)(C(/C=C\C)=C(\C)N(C1=CC=CCC=C1)c1ccc(-n2cc(C)c3ccccc32)c2ccccc12)C(c1ccccc1C)N(c1ccccc1)c1ccc(N(/C=C/C)c2ccccc2C)c(C)c1.C=CC=C. The van der Waals surface area contributed by atoms with Gasteiger partial charge in [0.25, 0.3) is 0 Å². The summed E-state index contributed by atoms with van der Waals surface area (Å²) in [5.74, 6) is 0. The minimum atomic E-state index is -0.705. The molecule has 0 amide bonds. The van der Waals surface area contributed by atoms with Crippen LogP contribution in [0.4, 0.5) is 28.4 Å². The van der Waals surface area contributed by atoms with Crippen LogP contribution in [0.1, 0.15) is 81.8 Å². The second-order valence-electron chi connectivity index (χ2n) is 20.5. The Morgan fingerprint density at radius 2 is 1.19 bits per heavy atom. The van der Waals surface area contributed by atoms with Crippen molar-refractivity contribution < 1.29 is 0 Å². The van der Waals surface area contributed by atoms with Gasteiger partial charge >= 0.3 is 0 Å². The molecule has 0 saturated carbocycles. The molecule has 0 bridgehead atoms. The molecule has 9 rings (SSSR count). The lowest BCUT2D eigenvalue weighted by molar-refractivity contribution is 0.406. The highest BCUT2D eigenvalue weighted by molar-refractivity contribution is 6.02. The lowest BCUT2D eigenvalue weighted by Crippen LogP contribution is -2.39. The number of allylic oxidation sites excluding steroid dienone is 15. The topological polar surface area (TPSA) is 14.7 Å². The maximum Gasteiger partial charge on any atom is 0.0723 e. The van der Waals surface area contributed by atoms with Gasteiger partial charge in [0, 0.05) is 68.1 Å².